The Hall–Kier alpha value is -2.21. The lowest BCUT2D eigenvalue weighted by molar-refractivity contribution is 0.0441. The minimum Gasteiger partial charge on any atom is -0.387 e. The van der Waals surface area contributed by atoms with Crippen LogP contribution in [0.3, 0.4) is 0 Å². The van der Waals surface area contributed by atoms with Gasteiger partial charge in [-0.25, -0.2) is 0 Å². The monoisotopic (exact) mass is 329 g/mol. The topological polar surface area (TPSA) is 79.5 Å². The Bertz CT molecular complexity index is 676. The Morgan fingerprint density at radius 1 is 1.33 bits per heavy atom. The highest BCUT2D eigenvalue weighted by molar-refractivity contribution is 5.92. The van der Waals surface area contributed by atoms with E-state index in [1.54, 1.807) is 17.2 Å². The van der Waals surface area contributed by atoms with Crippen molar-refractivity contribution in [3.63, 3.8) is 0 Å². The Balaban J connectivity index is 1.59. The quantitative estimate of drug-likeness (QED) is 0.933. The summed E-state index contributed by atoms with van der Waals surface area (Å²) in [6, 6.07) is 7.27. The number of piperidine rings is 1. The molecule has 3 rings (SSSR count). The third-order valence-corrected chi connectivity index (χ3v) is 4.58. The number of carbonyl (C=O) groups is 1. The van der Waals surface area contributed by atoms with Crippen molar-refractivity contribution in [2.75, 3.05) is 13.1 Å². The number of nitrogens with zero attached hydrogens (tertiary/aromatic N) is 3. The van der Waals surface area contributed by atoms with Crippen LogP contribution in [-0.4, -0.2) is 39.1 Å². The van der Waals surface area contributed by atoms with Gasteiger partial charge in [0, 0.05) is 31.3 Å². The van der Waals surface area contributed by atoms with Gasteiger partial charge in [0.25, 0.3) is 5.91 Å². The van der Waals surface area contributed by atoms with Crippen LogP contribution in [0.1, 0.15) is 60.7 Å². The lowest BCUT2D eigenvalue weighted by Crippen LogP contribution is -2.40. The molecule has 0 aliphatic carbocycles. The number of carbonyl (C=O) groups excluding carboxylic acids is 1. The molecule has 0 aromatic carbocycles. The molecule has 1 amide bonds. The summed E-state index contributed by atoms with van der Waals surface area (Å²) >= 11 is 0. The molecule has 1 saturated heterocycles. The highest BCUT2D eigenvalue weighted by Gasteiger charge is 2.30. The summed E-state index contributed by atoms with van der Waals surface area (Å²) in [7, 11) is 0. The van der Waals surface area contributed by atoms with Crippen molar-refractivity contribution in [3.8, 4) is 0 Å². The lowest BCUT2D eigenvalue weighted by atomic mass is 9.89. The predicted octanol–water partition coefficient (Wildman–Crippen LogP) is 2.78. The molecule has 0 bridgehead atoms. The first kappa shape index (κ1) is 16.6. The number of aromatic nitrogens is 2. The van der Waals surface area contributed by atoms with Crippen LogP contribution >= 0.6 is 0 Å². The van der Waals surface area contributed by atoms with E-state index < -0.39 is 6.10 Å². The molecule has 0 radical (unpaired) electrons. The molecule has 2 aromatic rings. The van der Waals surface area contributed by atoms with Gasteiger partial charge in [-0.05, 0) is 30.9 Å². The van der Waals surface area contributed by atoms with E-state index in [1.165, 1.54) is 0 Å². The zero-order valence-electron chi connectivity index (χ0n) is 14.1. The van der Waals surface area contributed by atoms with E-state index in [-0.39, 0.29) is 17.7 Å². The summed E-state index contributed by atoms with van der Waals surface area (Å²) in [5, 5.41) is 14.3. The molecular weight excluding hydrogens is 306 g/mol. The maximum absolute atomic E-state index is 12.5. The zero-order valence-corrected chi connectivity index (χ0v) is 14.1. The molecule has 1 atom stereocenters. The molecule has 2 aromatic heterocycles. The van der Waals surface area contributed by atoms with E-state index in [4.69, 9.17) is 4.52 Å². The first-order chi connectivity index (χ1) is 11.6. The summed E-state index contributed by atoms with van der Waals surface area (Å²) < 4.78 is 5.21. The molecule has 1 aliphatic heterocycles. The van der Waals surface area contributed by atoms with Crippen LogP contribution in [0.15, 0.2) is 35.0 Å². The highest BCUT2D eigenvalue weighted by Crippen LogP contribution is 2.30. The third kappa shape index (κ3) is 3.48. The highest BCUT2D eigenvalue weighted by atomic mass is 16.5. The molecular formula is C18H23N3O3. The van der Waals surface area contributed by atoms with Gasteiger partial charge in [0.1, 0.15) is 5.76 Å². The second-order valence-corrected chi connectivity index (χ2v) is 6.60. The summed E-state index contributed by atoms with van der Waals surface area (Å²) in [4.78, 5) is 18.5. The van der Waals surface area contributed by atoms with Crippen LogP contribution in [0.25, 0.3) is 0 Å². The van der Waals surface area contributed by atoms with Crippen LogP contribution in [0, 0.1) is 5.92 Å². The number of amides is 1. The van der Waals surface area contributed by atoms with E-state index >= 15 is 0 Å². The molecule has 1 aliphatic rings. The van der Waals surface area contributed by atoms with E-state index in [0.717, 1.165) is 18.6 Å². The maximum Gasteiger partial charge on any atom is 0.276 e. The molecule has 1 N–H and O–H groups in total. The van der Waals surface area contributed by atoms with Gasteiger partial charge in [0.05, 0.1) is 11.8 Å². The van der Waals surface area contributed by atoms with Gasteiger partial charge in [-0.3, -0.25) is 9.78 Å². The van der Waals surface area contributed by atoms with Gasteiger partial charge >= 0.3 is 0 Å². The minimum atomic E-state index is -0.581. The van der Waals surface area contributed by atoms with Crippen LogP contribution in [0.5, 0.6) is 0 Å². The number of likely N-dealkylation sites (tertiary alicyclic amines) is 1. The van der Waals surface area contributed by atoms with Crippen molar-refractivity contribution < 1.29 is 14.4 Å². The lowest BCUT2D eigenvalue weighted by Gasteiger charge is -2.33. The zero-order chi connectivity index (χ0) is 17.1. The SMILES string of the molecule is CC(C)c1cc(C(=O)N2CCC(C(O)c3ccccn3)CC2)no1. The standard InChI is InChI=1S/C18H23N3O3/c1-12(2)16-11-15(20-24-16)18(23)21-9-6-13(7-10-21)17(22)14-5-3-4-8-19-14/h3-5,8,11-13,17,22H,6-7,9-10H2,1-2H3. The van der Waals surface area contributed by atoms with E-state index in [0.29, 0.717) is 24.5 Å². The molecule has 1 fully saturated rings. The van der Waals surface area contributed by atoms with Gasteiger partial charge in [-0.2, -0.15) is 0 Å². The fraction of sp³-hybridized carbons (Fsp3) is 0.500. The summed E-state index contributed by atoms with van der Waals surface area (Å²) in [5.41, 5.74) is 1.06. The van der Waals surface area contributed by atoms with Crippen molar-refractivity contribution >= 4 is 5.91 Å². The Labute approximate surface area is 141 Å². The predicted molar refractivity (Wildman–Crippen MR) is 88.4 cm³/mol. The van der Waals surface area contributed by atoms with Gasteiger partial charge in [-0.15, -0.1) is 0 Å². The van der Waals surface area contributed by atoms with Crippen LogP contribution in [0.4, 0.5) is 0 Å². The molecule has 3 heterocycles. The summed E-state index contributed by atoms with van der Waals surface area (Å²) in [6.45, 7) is 5.22. The number of pyridine rings is 1. The number of aliphatic hydroxyl groups is 1. The van der Waals surface area contributed by atoms with Crippen LogP contribution in [0.2, 0.25) is 0 Å². The smallest absolute Gasteiger partial charge is 0.276 e. The van der Waals surface area contributed by atoms with E-state index in [1.807, 2.05) is 32.0 Å². The normalized spacial score (nSPS) is 17.2. The average molecular weight is 329 g/mol. The first-order valence-electron chi connectivity index (χ1n) is 8.41. The van der Waals surface area contributed by atoms with Gasteiger partial charge in [-0.1, -0.05) is 25.1 Å². The van der Waals surface area contributed by atoms with Crippen LogP contribution in [-0.2, 0) is 0 Å². The number of aliphatic hydroxyl groups excluding tert-OH is 1. The second kappa shape index (κ2) is 7.13. The fourth-order valence-electron chi connectivity index (χ4n) is 3.03. The Morgan fingerprint density at radius 2 is 2.08 bits per heavy atom. The van der Waals surface area contributed by atoms with Gasteiger partial charge in [0.2, 0.25) is 0 Å². The van der Waals surface area contributed by atoms with E-state index in [9.17, 15) is 9.90 Å². The third-order valence-electron chi connectivity index (χ3n) is 4.58. The molecule has 6 heteroatoms. The van der Waals surface area contributed by atoms with Crippen molar-refractivity contribution in [1.29, 1.82) is 0 Å². The maximum atomic E-state index is 12.5. The van der Waals surface area contributed by atoms with Crippen molar-refractivity contribution in [3.05, 3.63) is 47.6 Å². The molecule has 24 heavy (non-hydrogen) atoms. The summed E-state index contributed by atoms with van der Waals surface area (Å²) in [6.07, 6.45) is 2.60. The van der Waals surface area contributed by atoms with Crippen LogP contribution < -0.4 is 0 Å². The Morgan fingerprint density at radius 3 is 2.67 bits per heavy atom. The number of hydrogen-bond acceptors (Lipinski definition) is 5. The summed E-state index contributed by atoms with van der Waals surface area (Å²) in [5.74, 6) is 0.945. The largest absolute Gasteiger partial charge is 0.387 e. The van der Waals surface area contributed by atoms with Crippen molar-refractivity contribution in [2.24, 2.45) is 5.92 Å². The first-order valence-corrected chi connectivity index (χ1v) is 8.41. The number of rotatable bonds is 4. The number of hydrogen-bond donors (Lipinski definition) is 1. The van der Waals surface area contributed by atoms with Gasteiger partial charge < -0.3 is 14.5 Å². The minimum absolute atomic E-state index is 0.101. The molecule has 128 valence electrons. The molecule has 0 spiro atoms. The van der Waals surface area contributed by atoms with Crippen molar-refractivity contribution in [1.82, 2.24) is 15.0 Å². The molecule has 0 saturated carbocycles. The second-order valence-electron chi connectivity index (χ2n) is 6.60. The molecule has 1 unspecified atom stereocenters. The van der Waals surface area contributed by atoms with E-state index in [2.05, 4.69) is 10.1 Å². The van der Waals surface area contributed by atoms with Gasteiger partial charge in [0.15, 0.2) is 5.69 Å². The fourth-order valence-corrected chi connectivity index (χ4v) is 3.03. The van der Waals surface area contributed by atoms with Crippen molar-refractivity contribution in [2.45, 2.75) is 38.7 Å². The molecule has 6 nitrogen and oxygen atoms in total. The average Bonchev–Trinajstić information content (AvgIpc) is 3.12. The Kier molecular flexibility index (Phi) is 4.94.